The molecule has 0 aliphatic heterocycles. The Morgan fingerprint density at radius 3 is 2.52 bits per heavy atom. The lowest BCUT2D eigenvalue weighted by atomic mass is 10.1. The molecule has 7 nitrogen and oxygen atoms in total. The molecule has 0 bridgehead atoms. The van der Waals surface area contributed by atoms with Gasteiger partial charge in [-0.25, -0.2) is 5.43 Å². The number of furan rings is 1. The monoisotopic (exact) mass is 439 g/mol. The van der Waals surface area contributed by atoms with Crippen LogP contribution >= 0.6 is 11.6 Å². The van der Waals surface area contributed by atoms with Gasteiger partial charge in [-0.05, 0) is 68.3 Å². The average Bonchev–Trinajstić information content (AvgIpc) is 3.29. The fourth-order valence-corrected chi connectivity index (χ4v) is 2.93. The highest BCUT2D eigenvalue weighted by Gasteiger charge is 2.16. The Morgan fingerprint density at radius 1 is 1.13 bits per heavy atom. The molecular weight excluding hydrogens is 418 g/mol. The molecule has 3 aromatic rings. The number of ether oxygens (including phenoxy) is 1. The van der Waals surface area contributed by atoms with Crippen molar-refractivity contribution in [3.05, 3.63) is 82.8 Å². The Morgan fingerprint density at radius 2 is 1.87 bits per heavy atom. The van der Waals surface area contributed by atoms with Gasteiger partial charge in [-0.15, -0.1) is 0 Å². The second-order valence-corrected chi connectivity index (χ2v) is 7.28. The lowest BCUT2D eigenvalue weighted by Gasteiger charge is -2.16. The molecule has 0 aliphatic rings. The highest BCUT2D eigenvalue weighted by Crippen LogP contribution is 2.26. The SMILES string of the molecule is CC(=NNC(=O)c1ccco1)c1ccc(NC(=O)C(C)Oc2ccc(C)cc2Cl)cc1. The molecule has 1 aromatic heterocycles. The van der Waals surface area contributed by atoms with Crippen LogP contribution in [0.15, 0.2) is 70.4 Å². The van der Waals surface area contributed by atoms with E-state index in [1.165, 1.54) is 6.26 Å². The van der Waals surface area contributed by atoms with E-state index in [1.54, 1.807) is 62.4 Å². The lowest BCUT2D eigenvalue weighted by Crippen LogP contribution is -2.30. The first-order valence-electron chi connectivity index (χ1n) is 9.55. The van der Waals surface area contributed by atoms with Crippen LogP contribution in [-0.2, 0) is 4.79 Å². The van der Waals surface area contributed by atoms with Crippen molar-refractivity contribution in [2.75, 3.05) is 5.32 Å². The van der Waals surface area contributed by atoms with Crippen molar-refractivity contribution in [1.29, 1.82) is 0 Å². The van der Waals surface area contributed by atoms with E-state index < -0.39 is 12.0 Å². The summed E-state index contributed by atoms with van der Waals surface area (Å²) in [5, 5.41) is 7.32. The Labute approximate surface area is 185 Å². The van der Waals surface area contributed by atoms with Crippen molar-refractivity contribution >= 4 is 34.8 Å². The third kappa shape index (κ3) is 5.96. The quantitative estimate of drug-likeness (QED) is 0.408. The molecule has 2 amide bonds. The molecule has 0 aliphatic carbocycles. The van der Waals surface area contributed by atoms with Gasteiger partial charge in [0.15, 0.2) is 11.9 Å². The summed E-state index contributed by atoms with van der Waals surface area (Å²) in [4.78, 5) is 24.3. The van der Waals surface area contributed by atoms with Crippen LogP contribution in [-0.4, -0.2) is 23.6 Å². The van der Waals surface area contributed by atoms with Gasteiger partial charge in [0.25, 0.3) is 5.91 Å². The number of nitrogens with zero attached hydrogens (tertiary/aromatic N) is 1. The fourth-order valence-electron chi connectivity index (χ4n) is 2.65. The topological polar surface area (TPSA) is 92.9 Å². The molecule has 0 fully saturated rings. The molecule has 2 N–H and O–H groups in total. The first kappa shape index (κ1) is 22.1. The van der Waals surface area contributed by atoms with Gasteiger partial charge >= 0.3 is 5.91 Å². The van der Waals surface area contributed by atoms with E-state index in [2.05, 4.69) is 15.8 Å². The van der Waals surface area contributed by atoms with Crippen LogP contribution in [0.4, 0.5) is 5.69 Å². The van der Waals surface area contributed by atoms with Crippen molar-refractivity contribution in [3.63, 3.8) is 0 Å². The molecule has 0 radical (unpaired) electrons. The number of aryl methyl sites for hydroxylation is 1. The second-order valence-electron chi connectivity index (χ2n) is 6.88. The first-order valence-corrected chi connectivity index (χ1v) is 9.93. The van der Waals surface area contributed by atoms with Crippen LogP contribution in [0.3, 0.4) is 0 Å². The van der Waals surface area contributed by atoms with Crippen LogP contribution < -0.4 is 15.5 Å². The van der Waals surface area contributed by atoms with Gasteiger partial charge in [0.05, 0.1) is 17.0 Å². The summed E-state index contributed by atoms with van der Waals surface area (Å²) >= 11 is 6.16. The minimum Gasteiger partial charge on any atom is -0.479 e. The zero-order valence-electron chi connectivity index (χ0n) is 17.3. The minimum absolute atomic E-state index is 0.179. The molecule has 0 saturated carbocycles. The summed E-state index contributed by atoms with van der Waals surface area (Å²) in [7, 11) is 0. The Hall–Kier alpha value is -3.58. The van der Waals surface area contributed by atoms with Gasteiger partial charge in [-0.1, -0.05) is 29.8 Å². The van der Waals surface area contributed by atoms with Crippen molar-refractivity contribution in [3.8, 4) is 5.75 Å². The average molecular weight is 440 g/mol. The molecule has 1 heterocycles. The lowest BCUT2D eigenvalue weighted by molar-refractivity contribution is -0.122. The number of carbonyl (C=O) groups excluding carboxylic acids is 2. The molecule has 31 heavy (non-hydrogen) atoms. The van der Waals surface area contributed by atoms with E-state index in [9.17, 15) is 9.59 Å². The van der Waals surface area contributed by atoms with Crippen LogP contribution in [0, 0.1) is 6.92 Å². The van der Waals surface area contributed by atoms with E-state index in [1.807, 2.05) is 13.0 Å². The van der Waals surface area contributed by atoms with Gasteiger partial charge in [0.2, 0.25) is 0 Å². The van der Waals surface area contributed by atoms with E-state index in [0.717, 1.165) is 11.1 Å². The molecular formula is C23H22ClN3O4. The van der Waals surface area contributed by atoms with Gasteiger partial charge < -0.3 is 14.5 Å². The van der Waals surface area contributed by atoms with Gasteiger partial charge in [0, 0.05) is 5.69 Å². The number of anilines is 1. The smallest absolute Gasteiger partial charge is 0.307 e. The van der Waals surface area contributed by atoms with Crippen molar-refractivity contribution in [1.82, 2.24) is 5.43 Å². The van der Waals surface area contributed by atoms with E-state index in [4.69, 9.17) is 20.8 Å². The normalized spacial score (nSPS) is 12.2. The summed E-state index contributed by atoms with van der Waals surface area (Å²) < 4.78 is 10.7. The Balaban J connectivity index is 1.57. The summed E-state index contributed by atoms with van der Waals surface area (Å²) in [6.45, 7) is 5.34. The van der Waals surface area contributed by atoms with Crippen LogP contribution in [0.25, 0.3) is 0 Å². The van der Waals surface area contributed by atoms with Crippen molar-refractivity contribution < 1.29 is 18.7 Å². The summed E-state index contributed by atoms with van der Waals surface area (Å²) in [5.41, 5.74) is 5.43. The number of benzene rings is 2. The van der Waals surface area contributed by atoms with E-state index in [0.29, 0.717) is 22.2 Å². The van der Waals surface area contributed by atoms with E-state index >= 15 is 0 Å². The Kier molecular flexibility index (Phi) is 7.10. The molecule has 2 aromatic carbocycles. The second kappa shape index (κ2) is 9.95. The first-order chi connectivity index (χ1) is 14.8. The molecule has 0 saturated heterocycles. The highest BCUT2D eigenvalue weighted by atomic mass is 35.5. The largest absolute Gasteiger partial charge is 0.479 e. The summed E-state index contributed by atoms with van der Waals surface area (Å²) in [6, 6.07) is 15.6. The molecule has 1 unspecified atom stereocenters. The Bertz CT molecular complexity index is 1090. The number of hydrazone groups is 1. The van der Waals surface area contributed by atoms with Crippen LogP contribution in [0.5, 0.6) is 5.75 Å². The maximum atomic E-state index is 12.4. The fraction of sp³-hybridized carbons (Fsp3) is 0.174. The number of hydrogen-bond donors (Lipinski definition) is 2. The molecule has 160 valence electrons. The molecule has 3 rings (SSSR count). The predicted octanol–water partition coefficient (Wildman–Crippen LogP) is 4.80. The molecule has 8 heteroatoms. The summed E-state index contributed by atoms with van der Waals surface area (Å²) in [5.74, 6) is -0.108. The third-order valence-corrected chi connectivity index (χ3v) is 4.70. The third-order valence-electron chi connectivity index (χ3n) is 4.40. The van der Waals surface area contributed by atoms with Gasteiger partial charge in [-0.3, -0.25) is 9.59 Å². The maximum Gasteiger partial charge on any atom is 0.307 e. The molecule has 1 atom stereocenters. The zero-order valence-corrected chi connectivity index (χ0v) is 18.1. The standard InChI is InChI=1S/C23H22ClN3O4/c1-14-6-11-20(19(24)13-14)31-16(3)22(28)25-18-9-7-17(8-10-18)15(2)26-27-23(29)21-5-4-12-30-21/h4-13,16H,1-3H3,(H,25,28)(H,27,29). The maximum absolute atomic E-state index is 12.4. The van der Waals surface area contributed by atoms with Crippen LogP contribution in [0.2, 0.25) is 5.02 Å². The highest BCUT2D eigenvalue weighted by molar-refractivity contribution is 6.32. The summed E-state index contributed by atoms with van der Waals surface area (Å²) in [6.07, 6.45) is 0.680. The number of carbonyl (C=O) groups is 2. The number of rotatable bonds is 7. The van der Waals surface area contributed by atoms with Gasteiger partial charge in [-0.2, -0.15) is 5.10 Å². The number of amides is 2. The van der Waals surface area contributed by atoms with Crippen molar-refractivity contribution in [2.45, 2.75) is 26.9 Å². The minimum atomic E-state index is -0.736. The van der Waals surface area contributed by atoms with Crippen LogP contribution in [0.1, 0.15) is 35.5 Å². The predicted molar refractivity (Wildman–Crippen MR) is 120 cm³/mol. The zero-order chi connectivity index (χ0) is 22.4. The van der Waals surface area contributed by atoms with E-state index in [-0.39, 0.29) is 11.7 Å². The van der Waals surface area contributed by atoms with Gasteiger partial charge in [0.1, 0.15) is 5.75 Å². The van der Waals surface area contributed by atoms with Crippen molar-refractivity contribution in [2.24, 2.45) is 5.10 Å². The number of hydrogen-bond acceptors (Lipinski definition) is 5. The number of nitrogens with one attached hydrogen (secondary N) is 2. The molecule has 0 spiro atoms. The number of halogens is 1.